The van der Waals surface area contributed by atoms with Crippen molar-refractivity contribution in [2.75, 3.05) is 0 Å². The molecule has 6 rings (SSSR count). The molecule has 0 saturated carbocycles. The molecule has 0 heterocycles. The van der Waals surface area contributed by atoms with Crippen LogP contribution in [0.3, 0.4) is 0 Å². The van der Waals surface area contributed by atoms with Crippen LogP contribution in [0.1, 0.15) is 22.3 Å². The molecule has 0 N–H and O–H groups in total. The zero-order valence-corrected chi connectivity index (χ0v) is 21.2. The van der Waals surface area contributed by atoms with Gasteiger partial charge in [0.25, 0.3) is 0 Å². The maximum Gasteiger partial charge on any atom is -0.00206 e. The molecule has 0 aliphatic rings. The Morgan fingerprint density at radius 2 is 0.632 bits per heavy atom. The van der Waals surface area contributed by atoms with E-state index in [1.54, 1.807) is 0 Å². The zero-order valence-electron chi connectivity index (χ0n) is 21.2. The molecule has 0 atom stereocenters. The first-order valence-electron chi connectivity index (χ1n) is 13.0. The second kappa shape index (κ2) is 11.0. The van der Waals surface area contributed by atoms with E-state index in [1.165, 1.54) is 55.7 Å². The summed E-state index contributed by atoms with van der Waals surface area (Å²) in [6.45, 7) is 0. The van der Waals surface area contributed by atoms with Crippen molar-refractivity contribution in [3.63, 3.8) is 0 Å². The fourth-order valence-electron chi connectivity index (χ4n) is 5.23. The first kappa shape index (κ1) is 23.5. The van der Waals surface area contributed by atoms with Crippen LogP contribution in [0.25, 0.3) is 33.4 Å². The average Bonchev–Trinajstić information content (AvgIpc) is 3.01. The van der Waals surface area contributed by atoms with E-state index in [-0.39, 0.29) is 0 Å². The molecule has 6 aromatic carbocycles. The van der Waals surface area contributed by atoms with E-state index in [2.05, 4.69) is 170 Å². The van der Waals surface area contributed by atoms with Gasteiger partial charge in [0.2, 0.25) is 0 Å². The first-order valence-corrected chi connectivity index (χ1v) is 13.0. The second-order valence-electron chi connectivity index (χ2n) is 9.31. The van der Waals surface area contributed by atoms with Crippen LogP contribution in [-0.4, -0.2) is 0 Å². The summed E-state index contributed by atoms with van der Waals surface area (Å²) >= 11 is 0. The molecular formula is C38H28. The quantitative estimate of drug-likeness (QED) is 0.206. The van der Waals surface area contributed by atoms with Crippen molar-refractivity contribution in [2.45, 2.75) is 0 Å². The first-order chi connectivity index (χ1) is 18.9. The molecule has 0 unspecified atom stereocenters. The molecule has 180 valence electrons. The highest BCUT2D eigenvalue weighted by Gasteiger charge is 2.20. The maximum atomic E-state index is 2.27. The molecule has 0 nitrogen and oxygen atoms in total. The summed E-state index contributed by atoms with van der Waals surface area (Å²) < 4.78 is 0. The van der Waals surface area contributed by atoms with Crippen molar-refractivity contribution < 1.29 is 0 Å². The molecule has 0 fully saturated rings. The van der Waals surface area contributed by atoms with Gasteiger partial charge in [-0.25, -0.2) is 0 Å². The Balaban J connectivity index is 1.70. The highest BCUT2D eigenvalue weighted by molar-refractivity contribution is 6.07. The summed E-state index contributed by atoms with van der Waals surface area (Å²) in [7, 11) is 0. The zero-order chi connectivity index (χ0) is 25.6. The van der Waals surface area contributed by atoms with Crippen molar-refractivity contribution in [1.29, 1.82) is 0 Å². The van der Waals surface area contributed by atoms with Gasteiger partial charge in [0, 0.05) is 0 Å². The lowest BCUT2D eigenvalue weighted by Gasteiger charge is -2.21. The standard InChI is InChI=1S/C38H28/c1-5-17-29(18-6-1)33-25-13-14-26-34(33)35-27-15-16-28-36(35)38(32-23-11-4-12-24-32)37(30-19-7-2-8-20-30)31-21-9-3-10-22-31/h1-28H. The molecule has 0 amide bonds. The van der Waals surface area contributed by atoms with Crippen LogP contribution in [-0.2, 0) is 0 Å². The minimum atomic E-state index is 1.19. The van der Waals surface area contributed by atoms with Crippen molar-refractivity contribution in [1.82, 2.24) is 0 Å². The highest BCUT2D eigenvalue weighted by Crippen LogP contribution is 2.42. The largest absolute Gasteiger partial charge is 0.0622 e. The molecule has 0 heteroatoms. The highest BCUT2D eigenvalue weighted by atomic mass is 14.2. The summed E-state index contributed by atoms with van der Waals surface area (Å²) in [4.78, 5) is 0. The van der Waals surface area contributed by atoms with E-state index >= 15 is 0 Å². The van der Waals surface area contributed by atoms with E-state index in [4.69, 9.17) is 0 Å². The Morgan fingerprint density at radius 3 is 1.16 bits per heavy atom. The topological polar surface area (TPSA) is 0 Å². The summed E-state index contributed by atoms with van der Waals surface area (Å²) in [6.07, 6.45) is 0. The van der Waals surface area contributed by atoms with Gasteiger partial charge in [-0.3, -0.25) is 0 Å². The van der Waals surface area contributed by atoms with Crippen LogP contribution in [0, 0.1) is 0 Å². The Hall–Kier alpha value is -4.94. The van der Waals surface area contributed by atoms with Crippen molar-refractivity contribution in [3.8, 4) is 22.3 Å². The van der Waals surface area contributed by atoms with Crippen molar-refractivity contribution >= 4 is 11.1 Å². The monoisotopic (exact) mass is 484 g/mol. The van der Waals surface area contributed by atoms with Gasteiger partial charge in [-0.05, 0) is 55.7 Å². The summed E-state index contributed by atoms with van der Waals surface area (Å²) in [5.74, 6) is 0. The Morgan fingerprint density at radius 1 is 0.263 bits per heavy atom. The van der Waals surface area contributed by atoms with Gasteiger partial charge in [-0.2, -0.15) is 0 Å². The van der Waals surface area contributed by atoms with E-state index < -0.39 is 0 Å². The third-order valence-electron chi connectivity index (χ3n) is 6.94. The van der Waals surface area contributed by atoms with Crippen LogP contribution in [0.2, 0.25) is 0 Å². The van der Waals surface area contributed by atoms with Crippen molar-refractivity contribution in [3.05, 3.63) is 192 Å². The molecule has 0 aromatic heterocycles. The van der Waals surface area contributed by atoms with Gasteiger partial charge in [-0.15, -0.1) is 0 Å². The molecule has 0 radical (unpaired) electrons. The molecule has 38 heavy (non-hydrogen) atoms. The third kappa shape index (κ3) is 4.73. The lowest BCUT2D eigenvalue weighted by Crippen LogP contribution is -1.99. The Bertz CT molecular complexity index is 1620. The molecule has 6 aromatic rings. The summed E-state index contributed by atoms with van der Waals surface area (Å²) in [5, 5.41) is 0. The summed E-state index contributed by atoms with van der Waals surface area (Å²) in [5.41, 5.74) is 12.1. The lowest BCUT2D eigenvalue weighted by molar-refractivity contribution is 1.49. The molecule has 0 bridgehead atoms. The molecule has 0 spiro atoms. The fourth-order valence-corrected chi connectivity index (χ4v) is 5.23. The lowest BCUT2D eigenvalue weighted by atomic mass is 9.82. The van der Waals surface area contributed by atoms with Gasteiger partial charge in [0.1, 0.15) is 0 Å². The van der Waals surface area contributed by atoms with Gasteiger partial charge in [0.05, 0.1) is 0 Å². The fraction of sp³-hybridized carbons (Fsp3) is 0. The van der Waals surface area contributed by atoms with Gasteiger partial charge >= 0.3 is 0 Å². The SMILES string of the molecule is c1ccc(C(=C(c2ccccc2)c2ccccc2-c2ccccc2-c2ccccc2)c2ccccc2)cc1. The second-order valence-corrected chi connectivity index (χ2v) is 9.31. The van der Waals surface area contributed by atoms with Gasteiger partial charge in [0.15, 0.2) is 0 Å². The van der Waals surface area contributed by atoms with Crippen LogP contribution in [0.15, 0.2) is 170 Å². The van der Waals surface area contributed by atoms with Crippen LogP contribution in [0.4, 0.5) is 0 Å². The normalized spacial score (nSPS) is 10.6. The van der Waals surface area contributed by atoms with Gasteiger partial charge in [-0.1, -0.05) is 170 Å². The van der Waals surface area contributed by atoms with Gasteiger partial charge < -0.3 is 0 Å². The van der Waals surface area contributed by atoms with E-state index in [1.807, 2.05) is 0 Å². The van der Waals surface area contributed by atoms with Crippen LogP contribution >= 0.6 is 0 Å². The number of hydrogen-bond acceptors (Lipinski definition) is 0. The number of benzene rings is 6. The van der Waals surface area contributed by atoms with Crippen LogP contribution < -0.4 is 0 Å². The Kier molecular flexibility index (Phi) is 6.78. The Labute approximate surface area is 225 Å². The predicted molar refractivity (Wildman–Crippen MR) is 162 cm³/mol. The van der Waals surface area contributed by atoms with Crippen LogP contribution in [0.5, 0.6) is 0 Å². The minimum absolute atomic E-state index is 1.19. The number of rotatable bonds is 6. The average molecular weight is 485 g/mol. The van der Waals surface area contributed by atoms with E-state index in [0.717, 1.165) is 0 Å². The summed E-state index contributed by atoms with van der Waals surface area (Å²) in [6, 6.07) is 60.5. The molecule has 0 saturated heterocycles. The maximum absolute atomic E-state index is 2.27. The predicted octanol–water partition coefficient (Wildman–Crippen LogP) is 10.0. The van der Waals surface area contributed by atoms with E-state index in [9.17, 15) is 0 Å². The minimum Gasteiger partial charge on any atom is -0.0622 e. The van der Waals surface area contributed by atoms with E-state index in [0.29, 0.717) is 0 Å². The van der Waals surface area contributed by atoms with Crippen molar-refractivity contribution in [2.24, 2.45) is 0 Å². The molecule has 0 aliphatic heterocycles. The molecule has 0 aliphatic carbocycles. The molecular weight excluding hydrogens is 456 g/mol. The number of hydrogen-bond donors (Lipinski definition) is 0. The third-order valence-corrected chi connectivity index (χ3v) is 6.94. The smallest absolute Gasteiger partial charge is 0.00206 e.